The molecule has 1 aromatic heterocycles. The quantitative estimate of drug-likeness (QED) is 0.730. The van der Waals surface area contributed by atoms with Crippen molar-refractivity contribution in [2.24, 2.45) is 0 Å². The van der Waals surface area contributed by atoms with Gasteiger partial charge in [0.05, 0.1) is 0 Å². The van der Waals surface area contributed by atoms with Gasteiger partial charge in [-0.15, -0.1) is 0 Å². The molecule has 1 heterocycles. The Hall–Kier alpha value is -2.88. The lowest BCUT2D eigenvalue weighted by atomic mass is 10.0. The van der Waals surface area contributed by atoms with Gasteiger partial charge in [-0.2, -0.15) is 0 Å². The van der Waals surface area contributed by atoms with Crippen LogP contribution in [-0.2, 0) is 4.79 Å². The molecule has 0 aliphatic heterocycles. The highest BCUT2D eigenvalue weighted by Gasteiger charge is 2.19. The summed E-state index contributed by atoms with van der Waals surface area (Å²) < 4.78 is 5.77. The SMILES string of the molecule is CCC(=O)Nc1ccc2c(C)c(C(=O)c3ccccc3)oc2c1. The van der Waals surface area contributed by atoms with Crippen molar-refractivity contribution in [1.29, 1.82) is 0 Å². The molecule has 0 unspecified atom stereocenters. The Morgan fingerprint density at radius 1 is 1.09 bits per heavy atom. The fraction of sp³-hybridized carbons (Fsp3) is 0.158. The van der Waals surface area contributed by atoms with E-state index >= 15 is 0 Å². The number of rotatable bonds is 4. The van der Waals surface area contributed by atoms with Gasteiger partial charge in [0.25, 0.3) is 0 Å². The lowest BCUT2D eigenvalue weighted by molar-refractivity contribution is -0.115. The van der Waals surface area contributed by atoms with E-state index in [9.17, 15) is 9.59 Å². The summed E-state index contributed by atoms with van der Waals surface area (Å²) in [5.74, 6) is 0.136. The number of aryl methyl sites for hydroxylation is 1. The van der Waals surface area contributed by atoms with Crippen molar-refractivity contribution >= 4 is 28.3 Å². The van der Waals surface area contributed by atoms with Crippen molar-refractivity contribution in [3.63, 3.8) is 0 Å². The molecule has 1 N–H and O–H groups in total. The molecule has 23 heavy (non-hydrogen) atoms. The number of ketones is 1. The predicted molar refractivity (Wildman–Crippen MR) is 89.7 cm³/mol. The zero-order valence-electron chi connectivity index (χ0n) is 13.1. The van der Waals surface area contributed by atoms with Gasteiger partial charge >= 0.3 is 0 Å². The highest BCUT2D eigenvalue weighted by atomic mass is 16.3. The Balaban J connectivity index is 2.01. The summed E-state index contributed by atoms with van der Waals surface area (Å²) in [4.78, 5) is 24.1. The molecule has 3 rings (SSSR count). The number of fused-ring (bicyclic) bond motifs is 1. The standard InChI is InChI=1S/C19H17NO3/c1-3-17(21)20-14-9-10-15-12(2)19(23-16(15)11-14)18(22)13-7-5-4-6-8-13/h4-11H,3H2,1-2H3,(H,20,21). The summed E-state index contributed by atoms with van der Waals surface area (Å²) in [5, 5.41) is 3.66. The lowest BCUT2D eigenvalue weighted by Crippen LogP contribution is -2.08. The number of carbonyl (C=O) groups is 2. The van der Waals surface area contributed by atoms with Crippen molar-refractivity contribution in [3.8, 4) is 0 Å². The zero-order valence-corrected chi connectivity index (χ0v) is 13.1. The summed E-state index contributed by atoms with van der Waals surface area (Å²) >= 11 is 0. The molecule has 116 valence electrons. The first-order chi connectivity index (χ1) is 11.1. The van der Waals surface area contributed by atoms with Crippen LogP contribution in [0.1, 0.15) is 35.0 Å². The number of hydrogen-bond acceptors (Lipinski definition) is 3. The van der Waals surface area contributed by atoms with Gasteiger partial charge in [-0.3, -0.25) is 9.59 Å². The molecule has 0 bridgehead atoms. The number of hydrogen-bond donors (Lipinski definition) is 1. The molecule has 3 aromatic rings. The third kappa shape index (κ3) is 2.88. The minimum Gasteiger partial charge on any atom is -0.452 e. The van der Waals surface area contributed by atoms with Crippen LogP contribution in [-0.4, -0.2) is 11.7 Å². The number of benzene rings is 2. The Kier molecular flexibility index (Phi) is 3.98. The average molecular weight is 307 g/mol. The van der Waals surface area contributed by atoms with Crippen molar-refractivity contribution in [1.82, 2.24) is 0 Å². The minimum absolute atomic E-state index is 0.0618. The molecule has 1 amide bonds. The predicted octanol–water partition coefficient (Wildman–Crippen LogP) is 4.32. The van der Waals surface area contributed by atoms with Crippen molar-refractivity contribution in [3.05, 3.63) is 65.4 Å². The fourth-order valence-corrected chi connectivity index (χ4v) is 2.49. The smallest absolute Gasteiger partial charge is 0.228 e. The Bertz CT molecular complexity index is 878. The highest BCUT2D eigenvalue weighted by molar-refractivity contribution is 6.10. The first-order valence-electron chi connectivity index (χ1n) is 7.53. The van der Waals surface area contributed by atoms with E-state index in [1.807, 2.05) is 37.3 Å². The number of carbonyl (C=O) groups excluding carboxylic acids is 2. The van der Waals surface area contributed by atoms with E-state index in [4.69, 9.17) is 4.42 Å². The maximum atomic E-state index is 12.6. The van der Waals surface area contributed by atoms with Crippen LogP contribution in [0.2, 0.25) is 0 Å². The number of furan rings is 1. The highest BCUT2D eigenvalue weighted by Crippen LogP contribution is 2.29. The molecule has 0 atom stereocenters. The van der Waals surface area contributed by atoms with Crippen LogP contribution in [0.15, 0.2) is 52.9 Å². The number of anilines is 1. The molecular formula is C19H17NO3. The molecule has 2 aromatic carbocycles. The normalized spacial score (nSPS) is 10.7. The monoisotopic (exact) mass is 307 g/mol. The van der Waals surface area contributed by atoms with E-state index in [1.165, 1.54) is 0 Å². The molecule has 0 aliphatic carbocycles. The number of nitrogens with one attached hydrogen (secondary N) is 1. The van der Waals surface area contributed by atoms with Gasteiger partial charge in [-0.25, -0.2) is 0 Å². The third-order valence-electron chi connectivity index (χ3n) is 3.79. The minimum atomic E-state index is -0.140. The largest absolute Gasteiger partial charge is 0.452 e. The van der Waals surface area contributed by atoms with Crippen LogP contribution in [0.3, 0.4) is 0 Å². The summed E-state index contributed by atoms with van der Waals surface area (Å²) in [6.07, 6.45) is 0.410. The van der Waals surface area contributed by atoms with Crippen LogP contribution in [0.4, 0.5) is 5.69 Å². The lowest BCUT2D eigenvalue weighted by Gasteiger charge is -2.02. The molecular weight excluding hydrogens is 290 g/mol. The zero-order chi connectivity index (χ0) is 16.4. The van der Waals surface area contributed by atoms with Crippen molar-refractivity contribution < 1.29 is 14.0 Å². The topological polar surface area (TPSA) is 59.3 Å². The van der Waals surface area contributed by atoms with E-state index in [1.54, 1.807) is 25.1 Å². The Morgan fingerprint density at radius 2 is 1.83 bits per heavy atom. The fourth-order valence-electron chi connectivity index (χ4n) is 2.49. The molecule has 0 spiro atoms. The molecule has 0 saturated carbocycles. The summed E-state index contributed by atoms with van der Waals surface area (Å²) in [7, 11) is 0. The molecule has 0 saturated heterocycles. The molecule has 4 nitrogen and oxygen atoms in total. The van der Waals surface area contributed by atoms with Crippen molar-refractivity contribution in [2.45, 2.75) is 20.3 Å². The van der Waals surface area contributed by atoms with Gasteiger partial charge in [0.2, 0.25) is 11.7 Å². The van der Waals surface area contributed by atoms with Crippen LogP contribution in [0, 0.1) is 6.92 Å². The molecule has 0 aliphatic rings. The van der Waals surface area contributed by atoms with Gasteiger partial charge in [-0.05, 0) is 19.1 Å². The van der Waals surface area contributed by atoms with Crippen LogP contribution in [0.5, 0.6) is 0 Å². The van der Waals surface area contributed by atoms with E-state index in [0.717, 1.165) is 10.9 Å². The van der Waals surface area contributed by atoms with E-state index in [-0.39, 0.29) is 11.7 Å². The average Bonchev–Trinajstić information content (AvgIpc) is 2.91. The summed E-state index contributed by atoms with van der Waals surface area (Å²) in [6.45, 7) is 3.66. The first-order valence-corrected chi connectivity index (χ1v) is 7.53. The summed E-state index contributed by atoms with van der Waals surface area (Å²) in [6, 6.07) is 14.5. The van der Waals surface area contributed by atoms with E-state index in [2.05, 4.69) is 5.32 Å². The summed E-state index contributed by atoms with van der Waals surface area (Å²) in [5.41, 5.74) is 2.66. The van der Waals surface area contributed by atoms with Crippen LogP contribution in [0.25, 0.3) is 11.0 Å². The van der Waals surface area contributed by atoms with Gasteiger partial charge in [0, 0.05) is 34.7 Å². The molecule has 0 fully saturated rings. The maximum absolute atomic E-state index is 12.6. The third-order valence-corrected chi connectivity index (χ3v) is 3.79. The van der Waals surface area contributed by atoms with E-state index in [0.29, 0.717) is 29.0 Å². The second kappa shape index (κ2) is 6.08. The van der Waals surface area contributed by atoms with Crippen LogP contribution < -0.4 is 5.32 Å². The van der Waals surface area contributed by atoms with Crippen molar-refractivity contribution in [2.75, 3.05) is 5.32 Å². The van der Waals surface area contributed by atoms with E-state index < -0.39 is 0 Å². The second-order valence-corrected chi connectivity index (χ2v) is 5.36. The Labute approximate surface area is 134 Å². The molecule has 4 heteroatoms. The molecule has 0 radical (unpaired) electrons. The van der Waals surface area contributed by atoms with Crippen LogP contribution >= 0.6 is 0 Å². The number of amides is 1. The first kappa shape index (κ1) is 15.0. The maximum Gasteiger partial charge on any atom is 0.228 e. The van der Waals surface area contributed by atoms with Gasteiger partial charge < -0.3 is 9.73 Å². The van der Waals surface area contributed by atoms with Gasteiger partial charge in [0.15, 0.2) is 5.76 Å². The Morgan fingerprint density at radius 3 is 2.52 bits per heavy atom. The second-order valence-electron chi connectivity index (χ2n) is 5.36. The van der Waals surface area contributed by atoms with Gasteiger partial charge in [0.1, 0.15) is 5.58 Å². The van der Waals surface area contributed by atoms with Gasteiger partial charge in [-0.1, -0.05) is 37.3 Å².